The molecule has 1 aromatic heterocycles. The Morgan fingerprint density at radius 1 is 1.50 bits per heavy atom. The van der Waals surface area contributed by atoms with Gasteiger partial charge in [-0.2, -0.15) is 11.8 Å². The zero-order valence-electron chi connectivity index (χ0n) is 8.40. The molecule has 2 nitrogen and oxygen atoms in total. The SMILES string of the molecule is CC(NC1CCSCC1)c1cncs1. The molecule has 1 unspecified atom stereocenters. The summed E-state index contributed by atoms with van der Waals surface area (Å²) in [5.41, 5.74) is 1.91. The number of hydrogen-bond donors (Lipinski definition) is 1. The highest BCUT2D eigenvalue weighted by Crippen LogP contribution is 2.22. The van der Waals surface area contributed by atoms with E-state index in [9.17, 15) is 0 Å². The molecule has 0 aromatic carbocycles. The molecular weight excluding hydrogens is 212 g/mol. The standard InChI is InChI=1S/C10H16N2S2/c1-8(10-6-11-7-14-10)12-9-2-4-13-5-3-9/h6-9,12H,2-5H2,1H3. The Morgan fingerprint density at radius 3 is 2.93 bits per heavy atom. The predicted octanol–water partition coefficient (Wildman–Crippen LogP) is 2.69. The molecule has 78 valence electrons. The molecule has 1 aromatic rings. The van der Waals surface area contributed by atoms with E-state index in [4.69, 9.17) is 0 Å². The maximum atomic E-state index is 4.11. The normalized spacial score (nSPS) is 20.9. The summed E-state index contributed by atoms with van der Waals surface area (Å²) < 4.78 is 0. The maximum Gasteiger partial charge on any atom is 0.0794 e. The van der Waals surface area contributed by atoms with Crippen LogP contribution in [0, 0.1) is 0 Å². The average Bonchev–Trinajstić information content (AvgIpc) is 2.72. The van der Waals surface area contributed by atoms with Gasteiger partial charge in [0.2, 0.25) is 0 Å². The number of thioether (sulfide) groups is 1. The first kappa shape index (κ1) is 10.5. The van der Waals surface area contributed by atoms with Gasteiger partial charge in [-0.05, 0) is 31.3 Å². The van der Waals surface area contributed by atoms with Crippen molar-refractivity contribution in [2.75, 3.05) is 11.5 Å². The zero-order chi connectivity index (χ0) is 9.80. The Morgan fingerprint density at radius 2 is 2.29 bits per heavy atom. The largest absolute Gasteiger partial charge is 0.307 e. The van der Waals surface area contributed by atoms with E-state index >= 15 is 0 Å². The topological polar surface area (TPSA) is 24.9 Å². The van der Waals surface area contributed by atoms with Crippen LogP contribution in [0.3, 0.4) is 0 Å². The zero-order valence-corrected chi connectivity index (χ0v) is 10.0. The van der Waals surface area contributed by atoms with Crippen molar-refractivity contribution in [1.82, 2.24) is 10.3 Å². The molecule has 1 atom stereocenters. The van der Waals surface area contributed by atoms with Crippen LogP contribution < -0.4 is 5.32 Å². The molecule has 2 heterocycles. The molecule has 1 aliphatic rings. The van der Waals surface area contributed by atoms with E-state index in [-0.39, 0.29) is 0 Å². The molecule has 0 amide bonds. The average molecular weight is 228 g/mol. The molecule has 2 rings (SSSR count). The summed E-state index contributed by atoms with van der Waals surface area (Å²) in [6.45, 7) is 2.23. The first-order valence-corrected chi connectivity index (χ1v) is 7.12. The monoisotopic (exact) mass is 228 g/mol. The van der Waals surface area contributed by atoms with Crippen molar-refractivity contribution in [2.45, 2.75) is 31.8 Å². The molecule has 0 radical (unpaired) electrons. The van der Waals surface area contributed by atoms with Crippen molar-refractivity contribution in [3.05, 3.63) is 16.6 Å². The van der Waals surface area contributed by atoms with Crippen LogP contribution in [-0.2, 0) is 0 Å². The summed E-state index contributed by atoms with van der Waals surface area (Å²) in [5.74, 6) is 2.63. The summed E-state index contributed by atoms with van der Waals surface area (Å²) in [7, 11) is 0. The van der Waals surface area contributed by atoms with Gasteiger partial charge in [-0.3, -0.25) is 4.98 Å². The van der Waals surface area contributed by atoms with Crippen molar-refractivity contribution < 1.29 is 0 Å². The van der Waals surface area contributed by atoms with Crippen LogP contribution in [0.2, 0.25) is 0 Å². The van der Waals surface area contributed by atoms with Crippen molar-refractivity contribution in [3.8, 4) is 0 Å². The lowest BCUT2D eigenvalue weighted by atomic mass is 10.1. The van der Waals surface area contributed by atoms with Gasteiger partial charge in [-0.15, -0.1) is 11.3 Å². The highest BCUT2D eigenvalue weighted by Gasteiger charge is 2.16. The van der Waals surface area contributed by atoms with Gasteiger partial charge in [0, 0.05) is 23.2 Å². The smallest absolute Gasteiger partial charge is 0.0794 e. The summed E-state index contributed by atoms with van der Waals surface area (Å²) in [6, 6.07) is 1.18. The molecule has 14 heavy (non-hydrogen) atoms. The van der Waals surface area contributed by atoms with E-state index < -0.39 is 0 Å². The number of thiazole rings is 1. The first-order valence-electron chi connectivity index (χ1n) is 5.08. The van der Waals surface area contributed by atoms with Crippen LogP contribution in [0.5, 0.6) is 0 Å². The van der Waals surface area contributed by atoms with Crippen LogP contribution in [0.1, 0.15) is 30.7 Å². The third-order valence-electron chi connectivity index (χ3n) is 2.59. The Kier molecular flexibility index (Phi) is 3.84. The number of nitrogens with one attached hydrogen (secondary N) is 1. The second kappa shape index (κ2) is 5.14. The lowest BCUT2D eigenvalue weighted by Crippen LogP contribution is -2.34. The van der Waals surface area contributed by atoms with Crippen LogP contribution in [0.15, 0.2) is 11.7 Å². The molecule has 0 saturated carbocycles. The quantitative estimate of drug-likeness (QED) is 0.861. The van der Waals surface area contributed by atoms with E-state index in [0.717, 1.165) is 0 Å². The Bertz CT molecular complexity index is 255. The number of aromatic nitrogens is 1. The summed E-state index contributed by atoms with van der Waals surface area (Å²) in [4.78, 5) is 5.46. The first-order chi connectivity index (χ1) is 6.86. The maximum absolute atomic E-state index is 4.11. The third kappa shape index (κ3) is 2.72. The van der Waals surface area contributed by atoms with Gasteiger partial charge < -0.3 is 5.32 Å². The molecule has 1 fully saturated rings. The van der Waals surface area contributed by atoms with Gasteiger partial charge in [0.15, 0.2) is 0 Å². The van der Waals surface area contributed by atoms with Crippen LogP contribution in [0.25, 0.3) is 0 Å². The third-order valence-corrected chi connectivity index (χ3v) is 4.59. The van der Waals surface area contributed by atoms with Gasteiger partial charge in [0.1, 0.15) is 0 Å². The minimum absolute atomic E-state index is 0.468. The second-order valence-electron chi connectivity index (χ2n) is 3.68. The minimum Gasteiger partial charge on any atom is -0.307 e. The molecule has 0 bridgehead atoms. The molecular formula is C10H16N2S2. The number of rotatable bonds is 3. The van der Waals surface area contributed by atoms with Crippen molar-refractivity contribution >= 4 is 23.1 Å². The van der Waals surface area contributed by atoms with E-state index in [1.54, 1.807) is 11.3 Å². The fraction of sp³-hybridized carbons (Fsp3) is 0.700. The highest BCUT2D eigenvalue weighted by molar-refractivity contribution is 7.99. The minimum atomic E-state index is 0.468. The van der Waals surface area contributed by atoms with E-state index in [1.807, 2.05) is 11.7 Å². The van der Waals surface area contributed by atoms with Gasteiger partial charge in [-0.1, -0.05) is 0 Å². The molecule has 1 N–H and O–H groups in total. The Labute approximate surface area is 93.5 Å². The highest BCUT2D eigenvalue weighted by atomic mass is 32.2. The van der Waals surface area contributed by atoms with Crippen LogP contribution in [-0.4, -0.2) is 22.5 Å². The Hall–Kier alpha value is -0.0600. The molecule has 1 aliphatic heterocycles. The van der Waals surface area contributed by atoms with E-state index in [1.165, 1.54) is 29.2 Å². The van der Waals surface area contributed by atoms with Crippen molar-refractivity contribution in [1.29, 1.82) is 0 Å². The van der Waals surface area contributed by atoms with Crippen molar-refractivity contribution in [3.63, 3.8) is 0 Å². The van der Waals surface area contributed by atoms with Gasteiger partial charge in [0.05, 0.1) is 5.51 Å². The fourth-order valence-corrected chi connectivity index (χ4v) is 3.48. The van der Waals surface area contributed by atoms with Gasteiger partial charge >= 0.3 is 0 Å². The lowest BCUT2D eigenvalue weighted by Gasteiger charge is -2.25. The summed E-state index contributed by atoms with van der Waals surface area (Å²) in [6.07, 6.45) is 4.60. The molecule has 4 heteroatoms. The Balaban J connectivity index is 1.84. The van der Waals surface area contributed by atoms with E-state index in [0.29, 0.717) is 12.1 Å². The van der Waals surface area contributed by atoms with Gasteiger partial charge in [0.25, 0.3) is 0 Å². The summed E-state index contributed by atoms with van der Waals surface area (Å²) in [5, 5.41) is 3.68. The second-order valence-corrected chi connectivity index (χ2v) is 5.82. The predicted molar refractivity (Wildman–Crippen MR) is 64.0 cm³/mol. The molecule has 0 spiro atoms. The van der Waals surface area contributed by atoms with E-state index in [2.05, 4.69) is 29.0 Å². The van der Waals surface area contributed by atoms with Crippen LogP contribution >= 0.6 is 23.1 Å². The lowest BCUT2D eigenvalue weighted by molar-refractivity contribution is 0.434. The number of hydrogen-bond acceptors (Lipinski definition) is 4. The summed E-state index contributed by atoms with van der Waals surface area (Å²) >= 11 is 3.81. The van der Waals surface area contributed by atoms with Crippen LogP contribution in [0.4, 0.5) is 0 Å². The number of nitrogens with zero attached hydrogens (tertiary/aromatic N) is 1. The molecule has 1 saturated heterocycles. The fourth-order valence-electron chi connectivity index (χ4n) is 1.74. The molecule has 0 aliphatic carbocycles. The van der Waals surface area contributed by atoms with Crippen molar-refractivity contribution in [2.24, 2.45) is 0 Å². The van der Waals surface area contributed by atoms with Gasteiger partial charge in [-0.25, -0.2) is 0 Å².